The zero-order chi connectivity index (χ0) is 40.3. The van der Waals surface area contributed by atoms with Gasteiger partial charge in [0.15, 0.2) is 17.5 Å². The molecule has 0 aliphatic carbocycles. The highest BCUT2D eigenvalue weighted by atomic mass is 15.0. The Bertz CT molecular complexity index is 3630. The maximum atomic E-state index is 5.31. The molecule has 0 radical (unpaired) electrons. The van der Waals surface area contributed by atoms with Crippen LogP contribution in [0.4, 0.5) is 0 Å². The van der Waals surface area contributed by atoms with Crippen molar-refractivity contribution in [1.29, 1.82) is 0 Å². The van der Waals surface area contributed by atoms with Crippen LogP contribution in [0.5, 0.6) is 0 Å². The molecule has 0 fully saturated rings. The van der Waals surface area contributed by atoms with Crippen molar-refractivity contribution < 1.29 is 0 Å². The normalized spacial score (nSPS) is 11.6. The molecule has 0 N–H and O–H groups in total. The summed E-state index contributed by atoms with van der Waals surface area (Å²) in [4.78, 5) is 15.8. The van der Waals surface area contributed by atoms with Crippen molar-refractivity contribution in [2.24, 2.45) is 0 Å². The highest BCUT2D eigenvalue weighted by Crippen LogP contribution is 2.39. The number of aromatic nitrogens is 4. The van der Waals surface area contributed by atoms with Gasteiger partial charge in [0, 0.05) is 38.5 Å². The fourth-order valence-corrected chi connectivity index (χ4v) is 8.99. The van der Waals surface area contributed by atoms with Gasteiger partial charge in [-0.3, -0.25) is 0 Å². The Balaban J connectivity index is 1.05. The van der Waals surface area contributed by atoms with Crippen LogP contribution in [0, 0.1) is 0 Å². The van der Waals surface area contributed by atoms with Gasteiger partial charge in [-0.25, -0.2) is 15.0 Å². The molecule has 0 bridgehead atoms. The first-order valence-corrected chi connectivity index (χ1v) is 20.7. The molecule has 12 rings (SSSR count). The molecule has 0 aliphatic rings. The molecule has 2 aromatic heterocycles. The van der Waals surface area contributed by atoms with Crippen LogP contribution in [0.15, 0.2) is 218 Å². The molecule has 0 saturated carbocycles. The van der Waals surface area contributed by atoms with E-state index < -0.39 is 0 Å². The lowest BCUT2D eigenvalue weighted by Gasteiger charge is -2.13. The first-order chi connectivity index (χ1) is 30.2. The maximum absolute atomic E-state index is 5.31. The van der Waals surface area contributed by atoms with E-state index in [2.05, 4.69) is 217 Å². The van der Waals surface area contributed by atoms with Gasteiger partial charge in [-0.1, -0.05) is 188 Å². The molecule has 0 saturated heterocycles. The molecule has 4 heteroatoms. The first kappa shape index (κ1) is 34.8. The van der Waals surface area contributed by atoms with Gasteiger partial charge in [-0.05, 0) is 79.5 Å². The van der Waals surface area contributed by atoms with Crippen LogP contribution < -0.4 is 0 Å². The Kier molecular flexibility index (Phi) is 8.13. The van der Waals surface area contributed by atoms with E-state index in [-0.39, 0.29) is 0 Å². The predicted octanol–water partition coefficient (Wildman–Crippen LogP) is 14.8. The van der Waals surface area contributed by atoms with Crippen molar-refractivity contribution >= 4 is 54.1 Å². The molecule has 0 aliphatic heterocycles. The first-order valence-electron chi connectivity index (χ1n) is 20.7. The van der Waals surface area contributed by atoms with E-state index in [0.29, 0.717) is 17.5 Å². The van der Waals surface area contributed by atoms with Crippen molar-refractivity contribution in [2.45, 2.75) is 0 Å². The molecular weight excluding hydrogens is 741 g/mol. The predicted molar refractivity (Wildman–Crippen MR) is 254 cm³/mol. The van der Waals surface area contributed by atoms with Gasteiger partial charge in [0.05, 0.1) is 11.0 Å². The highest BCUT2D eigenvalue weighted by Gasteiger charge is 2.19. The number of fused-ring (bicyclic) bond motifs is 7. The van der Waals surface area contributed by atoms with Crippen molar-refractivity contribution in [1.82, 2.24) is 19.5 Å². The number of benzene rings is 10. The summed E-state index contributed by atoms with van der Waals surface area (Å²) < 4.78 is 2.39. The van der Waals surface area contributed by atoms with Crippen LogP contribution >= 0.6 is 0 Å². The minimum absolute atomic E-state index is 0.619. The van der Waals surface area contributed by atoms with Crippen LogP contribution in [0.1, 0.15) is 0 Å². The fraction of sp³-hybridized carbons (Fsp3) is 0. The van der Waals surface area contributed by atoms with Crippen LogP contribution in [0.2, 0.25) is 0 Å². The van der Waals surface area contributed by atoms with Gasteiger partial charge in [0.2, 0.25) is 0 Å². The average molecular weight is 777 g/mol. The summed E-state index contributed by atoms with van der Waals surface area (Å²) in [5.41, 5.74) is 10.8. The Morgan fingerprint density at radius 2 is 0.820 bits per heavy atom. The van der Waals surface area contributed by atoms with E-state index >= 15 is 0 Å². The number of nitrogens with zero attached hydrogens (tertiary/aromatic N) is 4. The Morgan fingerprint density at radius 3 is 1.64 bits per heavy atom. The summed E-state index contributed by atoms with van der Waals surface area (Å²) in [7, 11) is 0. The minimum Gasteiger partial charge on any atom is -0.309 e. The topological polar surface area (TPSA) is 43.6 Å². The number of hydrogen-bond acceptors (Lipinski definition) is 3. The molecule has 10 aromatic carbocycles. The zero-order valence-corrected chi connectivity index (χ0v) is 33.1. The molecule has 2 heterocycles. The van der Waals surface area contributed by atoms with E-state index in [1.54, 1.807) is 0 Å². The summed E-state index contributed by atoms with van der Waals surface area (Å²) in [6.07, 6.45) is 0. The molecule has 0 amide bonds. The summed E-state index contributed by atoms with van der Waals surface area (Å²) in [6.45, 7) is 0. The monoisotopic (exact) mass is 776 g/mol. The van der Waals surface area contributed by atoms with Crippen LogP contribution in [-0.2, 0) is 0 Å². The summed E-state index contributed by atoms with van der Waals surface area (Å²) in [6, 6.07) is 77.6. The number of hydrogen-bond donors (Lipinski definition) is 0. The molecule has 61 heavy (non-hydrogen) atoms. The molecule has 4 nitrogen and oxygen atoms in total. The number of rotatable bonds is 6. The van der Waals surface area contributed by atoms with E-state index in [4.69, 9.17) is 15.0 Å². The lowest BCUT2D eigenvalue weighted by Crippen LogP contribution is -2.01. The molecule has 284 valence electrons. The quantitative estimate of drug-likeness (QED) is 0.169. The highest BCUT2D eigenvalue weighted by molar-refractivity contribution is 6.19. The maximum Gasteiger partial charge on any atom is 0.164 e. The van der Waals surface area contributed by atoms with Crippen molar-refractivity contribution in [3.05, 3.63) is 218 Å². The summed E-state index contributed by atoms with van der Waals surface area (Å²) >= 11 is 0. The molecule has 0 spiro atoms. The molecular formula is C57H36N4. The lowest BCUT2D eigenvalue weighted by atomic mass is 9.96. The summed E-state index contributed by atoms with van der Waals surface area (Å²) in [5.74, 6) is 1.87. The second-order valence-electron chi connectivity index (χ2n) is 15.6. The second-order valence-corrected chi connectivity index (χ2v) is 15.6. The van der Waals surface area contributed by atoms with E-state index in [1.807, 2.05) is 6.07 Å². The van der Waals surface area contributed by atoms with Gasteiger partial charge in [0.25, 0.3) is 0 Å². The molecule has 12 aromatic rings. The van der Waals surface area contributed by atoms with Gasteiger partial charge >= 0.3 is 0 Å². The van der Waals surface area contributed by atoms with Crippen molar-refractivity contribution in [3.8, 4) is 62.1 Å². The van der Waals surface area contributed by atoms with Crippen LogP contribution in [0.3, 0.4) is 0 Å². The SMILES string of the molecule is c1ccc(-c2ccc(-c3nc(-c4ccc5c6ccc7ccccc7c6n(-c6ccccc6)c5c4)nc(-c4cccc5cc(-c6ccc7ccccc7c6)ccc45)n3)cc2)cc1. The average Bonchev–Trinajstić information content (AvgIpc) is 3.68. The van der Waals surface area contributed by atoms with Crippen LogP contribution in [-0.4, -0.2) is 19.5 Å². The fourth-order valence-electron chi connectivity index (χ4n) is 8.99. The largest absolute Gasteiger partial charge is 0.309 e. The van der Waals surface area contributed by atoms with Gasteiger partial charge < -0.3 is 4.57 Å². The molecule has 0 atom stereocenters. The Labute approximate surface area is 352 Å². The van der Waals surface area contributed by atoms with E-state index in [9.17, 15) is 0 Å². The van der Waals surface area contributed by atoms with Crippen molar-refractivity contribution in [2.75, 3.05) is 0 Å². The smallest absolute Gasteiger partial charge is 0.164 e. The van der Waals surface area contributed by atoms with Gasteiger partial charge in [-0.15, -0.1) is 0 Å². The van der Waals surface area contributed by atoms with Crippen LogP contribution in [0.25, 0.3) is 116 Å². The zero-order valence-electron chi connectivity index (χ0n) is 33.1. The second kappa shape index (κ2) is 14.3. The van der Waals surface area contributed by atoms with Gasteiger partial charge in [0.1, 0.15) is 0 Å². The molecule has 0 unspecified atom stereocenters. The number of para-hydroxylation sites is 1. The third kappa shape index (κ3) is 6.04. The third-order valence-electron chi connectivity index (χ3n) is 12.0. The van der Waals surface area contributed by atoms with Gasteiger partial charge in [-0.2, -0.15) is 0 Å². The Morgan fingerprint density at radius 1 is 0.279 bits per heavy atom. The van der Waals surface area contributed by atoms with Crippen molar-refractivity contribution in [3.63, 3.8) is 0 Å². The van der Waals surface area contributed by atoms with E-state index in [1.165, 1.54) is 54.5 Å². The third-order valence-corrected chi connectivity index (χ3v) is 12.0. The Hall–Kier alpha value is -8.21. The minimum atomic E-state index is 0.619. The standard InChI is InChI=1S/C57H36N4/c1-3-12-37(13-4-1)39-22-25-41(26-23-39)55-58-56(46-30-32-50-51-33-28-40-15-9-10-20-49(40)54(51)61(53(50)36-46)47-18-5-2-6-19-47)60-57(59-55)52-21-11-17-45-35-44(29-31-48(45)52)43-27-24-38-14-7-8-16-42(38)34-43/h1-36H. The lowest BCUT2D eigenvalue weighted by molar-refractivity contribution is 1.08. The summed E-state index contributed by atoms with van der Waals surface area (Å²) in [5, 5.41) is 9.48. The van der Waals surface area contributed by atoms with E-state index in [0.717, 1.165) is 44.2 Å².